The minimum absolute atomic E-state index is 0. The van der Waals surface area contributed by atoms with Gasteiger partial charge in [0.2, 0.25) is 0 Å². The van der Waals surface area contributed by atoms with Crippen LogP contribution in [0.15, 0.2) is 12.3 Å². The highest BCUT2D eigenvalue weighted by molar-refractivity contribution is 5.85. The van der Waals surface area contributed by atoms with E-state index < -0.39 is 12.0 Å². The van der Waals surface area contributed by atoms with Crippen molar-refractivity contribution < 1.29 is 14.3 Å². The summed E-state index contributed by atoms with van der Waals surface area (Å²) >= 11 is 0. The fraction of sp³-hybridized carbons (Fsp3) is 0.500. The Balaban J connectivity index is 0. The van der Waals surface area contributed by atoms with Gasteiger partial charge in [0, 0.05) is 0 Å². The van der Waals surface area contributed by atoms with E-state index in [0.29, 0.717) is 0 Å². The van der Waals surface area contributed by atoms with Crippen molar-refractivity contribution in [2.24, 2.45) is 5.73 Å². The molecule has 0 aromatic carbocycles. The van der Waals surface area contributed by atoms with Gasteiger partial charge in [0.15, 0.2) is 6.04 Å². The van der Waals surface area contributed by atoms with Gasteiger partial charge < -0.3 is 15.2 Å². The lowest BCUT2D eigenvalue weighted by atomic mass is 10.3. The van der Waals surface area contributed by atoms with Crippen LogP contribution in [-0.2, 0) is 14.3 Å². The van der Waals surface area contributed by atoms with Crippen molar-refractivity contribution in [2.75, 3.05) is 14.2 Å². The second-order valence-electron chi connectivity index (χ2n) is 1.67. The Morgan fingerprint density at radius 1 is 1.45 bits per heavy atom. The standard InChI is InChI=1S/C6H11NO3.ClH/c1-4(9-2)5(7)6(8)10-3;/h5H,1,7H2,2-3H3;1H. The van der Waals surface area contributed by atoms with Crippen molar-refractivity contribution in [3.05, 3.63) is 12.3 Å². The molecule has 0 aromatic rings. The van der Waals surface area contributed by atoms with Gasteiger partial charge in [-0.2, -0.15) is 0 Å². The summed E-state index contributed by atoms with van der Waals surface area (Å²) in [6.45, 7) is 3.39. The minimum atomic E-state index is -0.880. The van der Waals surface area contributed by atoms with Gasteiger partial charge in [0.25, 0.3) is 0 Å². The predicted molar refractivity (Wildman–Crippen MR) is 43.4 cm³/mol. The lowest BCUT2D eigenvalue weighted by Gasteiger charge is -2.09. The summed E-state index contributed by atoms with van der Waals surface area (Å²) in [5, 5.41) is 0. The Kier molecular flexibility index (Phi) is 7.04. The van der Waals surface area contributed by atoms with Crippen LogP contribution < -0.4 is 5.73 Å². The maximum absolute atomic E-state index is 10.6. The number of hydrogen-bond acceptors (Lipinski definition) is 4. The second kappa shape index (κ2) is 6.00. The molecular weight excluding hydrogens is 170 g/mol. The lowest BCUT2D eigenvalue weighted by Crippen LogP contribution is -2.33. The van der Waals surface area contributed by atoms with E-state index in [0.717, 1.165) is 0 Å². The van der Waals surface area contributed by atoms with Gasteiger partial charge in [-0.25, -0.2) is 4.79 Å². The van der Waals surface area contributed by atoms with E-state index in [4.69, 9.17) is 5.73 Å². The molecule has 2 N–H and O–H groups in total. The van der Waals surface area contributed by atoms with Gasteiger partial charge in [-0.05, 0) is 0 Å². The smallest absolute Gasteiger partial charge is 0.330 e. The number of nitrogens with two attached hydrogens (primary N) is 1. The number of ether oxygens (including phenoxy) is 2. The van der Waals surface area contributed by atoms with E-state index in [-0.39, 0.29) is 18.2 Å². The maximum Gasteiger partial charge on any atom is 0.330 e. The average molecular weight is 182 g/mol. The Morgan fingerprint density at radius 3 is 2.18 bits per heavy atom. The van der Waals surface area contributed by atoms with Gasteiger partial charge in [-0.3, -0.25) is 0 Å². The Labute approximate surface area is 71.8 Å². The van der Waals surface area contributed by atoms with Crippen molar-refractivity contribution in [2.45, 2.75) is 6.04 Å². The topological polar surface area (TPSA) is 61.5 Å². The molecule has 5 heteroatoms. The molecule has 0 aliphatic rings. The number of halogens is 1. The fourth-order valence-electron chi connectivity index (χ4n) is 0.385. The first-order valence-corrected chi connectivity index (χ1v) is 2.69. The van der Waals surface area contributed by atoms with Gasteiger partial charge in [-0.15, -0.1) is 12.4 Å². The molecule has 0 aliphatic carbocycles. The highest BCUT2D eigenvalue weighted by atomic mass is 35.5. The largest absolute Gasteiger partial charge is 0.499 e. The molecule has 0 heterocycles. The number of methoxy groups -OCH3 is 2. The molecule has 0 rings (SSSR count). The summed E-state index contributed by atoms with van der Waals surface area (Å²) in [5.41, 5.74) is 5.28. The zero-order chi connectivity index (χ0) is 8.15. The summed E-state index contributed by atoms with van der Waals surface area (Å²) in [5.74, 6) is -0.348. The Hall–Kier alpha value is -0.740. The highest BCUT2D eigenvalue weighted by Gasteiger charge is 2.17. The molecule has 0 radical (unpaired) electrons. The first-order chi connectivity index (χ1) is 4.63. The van der Waals surface area contributed by atoms with Crippen LogP contribution in [0.3, 0.4) is 0 Å². The van der Waals surface area contributed by atoms with E-state index >= 15 is 0 Å². The molecule has 0 aliphatic heterocycles. The van der Waals surface area contributed by atoms with E-state index in [2.05, 4.69) is 16.1 Å². The molecule has 0 fully saturated rings. The lowest BCUT2D eigenvalue weighted by molar-refractivity contribution is -0.141. The SMILES string of the molecule is C=C(OC)C(N)C(=O)OC.Cl. The molecular formula is C6H12ClNO3. The third kappa shape index (κ3) is 3.85. The number of carbonyl (C=O) groups is 1. The Morgan fingerprint density at radius 2 is 1.91 bits per heavy atom. The quantitative estimate of drug-likeness (QED) is 0.495. The van der Waals surface area contributed by atoms with Crippen LogP contribution in [0, 0.1) is 0 Å². The van der Waals surface area contributed by atoms with Crippen LogP contribution in [-0.4, -0.2) is 26.2 Å². The number of carbonyl (C=O) groups excluding carboxylic acids is 1. The van der Waals surface area contributed by atoms with Crippen molar-refractivity contribution in [1.29, 1.82) is 0 Å². The normalized spacial score (nSPS) is 10.8. The van der Waals surface area contributed by atoms with E-state index in [1.165, 1.54) is 14.2 Å². The van der Waals surface area contributed by atoms with Gasteiger partial charge >= 0.3 is 5.97 Å². The van der Waals surface area contributed by atoms with Crippen LogP contribution in [0.2, 0.25) is 0 Å². The molecule has 0 aromatic heterocycles. The van der Waals surface area contributed by atoms with E-state index in [9.17, 15) is 4.79 Å². The highest BCUT2D eigenvalue weighted by Crippen LogP contribution is 1.97. The van der Waals surface area contributed by atoms with Crippen molar-refractivity contribution >= 4 is 18.4 Å². The predicted octanol–water partition coefficient (Wildman–Crippen LogP) is 0.0686. The van der Waals surface area contributed by atoms with Crippen LogP contribution in [0.4, 0.5) is 0 Å². The van der Waals surface area contributed by atoms with Crippen molar-refractivity contribution in [1.82, 2.24) is 0 Å². The number of rotatable bonds is 3. The van der Waals surface area contributed by atoms with Crippen molar-refractivity contribution in [3.8, 4) is 0 Å². The summed E-state index contributed by atoms with van der Waals surface area (Å²) in [7, 11) is 2.65. The molecule has 0 spiro atoms. The molecule has 0 amide bonds. The van der Waals surface area contributed by atoms with Crippen LogP contribution in [0.25, 0.3) is 0 Å². The minimum Gasteiger partial charge on any atom is -0.499 e. The van der Waals surface area contributed by atoms with Gasteiger partial charge in [0.1, 0.15) is 5.76 Å². The van der Waals surface area contributed by atoms with E-state index in [1.54, 1.807) is 0 Å². The summed E-state index contributed by atoms with van der Waals surface area (Å²) < 4.78 is 8.94. The molecule has 0 saturated heterocycles. The maximum atomic E-state index is 10.6. The van der Waals surface area contributed by atoms with Gasteiger partial charge in [-0.1, -0.05) is 6.58 Å². The van der Waals surface area contributed by atoms with E-state index in [1.807, 2.05) is 0 Å². The third-order valence-corrected chi connectivity index (χ3v) is 1.06. The molecule has 4 nitrogen and oxygen atoms in total. The second-order valence-corrected chi connectivity index (χ2v) is 1.67. The first kappa shape index (κ1) is 12.9. The molecule has 0 saturated carbocycles. The molecule has 1 unspecified atom stereocenters. The summed E-state index contributed by atoms with van der Waals surface area (Å²) in [4.78, 5) is 10.6. The third-order valence-electron chi connectivity index (χ3n) is 1.06. The zero-order valence-electron chi connectivity index (χ0n) is 6.49. The van der Waals surface area contributed by atoms with Crippen LogP contribution >= 0.6 is 12.4 Å². The number of hydrogen-bond donors (Lipinski definition) is 1. The van der Waals surface area contributed by atoms with Crippen molar-refractivity contribution in [3.63, 3.8) is 0 Å². The molecule has 0 bridgehead atoms. The molecule has 1 atom stereocenters. The summed E-state index contributed by atoms with van der Waals surface area (Å²) in [6, 6.07) is -0.880. The first-order valence-electron chi connectivity index (χ1n) is 2.69. The average Bonchev–Trinajstić information content (AvgIpc) is 2.00. The monoisotopic (exact) mass is 181 g/mol. The van der Waals surface area contributed by atoms with Gasteiger partial charge in [0.05, 0.1) is 14.2 Å². The van der Waals surface area contributed by atoms with Crippen LogP contribution in [0.5, 0.6) is 0 Å². The zero-order valence-corrected chi connectivity index (χ0v) is 7.31. The number of esters is 1. The molecule has 66 valence electrons. The van der Waals surface area contributed by atoms with Crippen LogP contribution in [0.1, 0.15) is 0 Å². The summed E-state index contributed by atoms with van der Waals surface area (Å²) in [6.07, 6.45) is 0. The fourth-order valence-corrected chi connectivity index (χ4v) is 0.385. The molecule has 11 heavy (non-hydrogen) atoms. The Bertz CT molecular complexity index is 133.